The molecule has 0 radical (unpaired) electrons. The van der Waals surface area contributed by atoms with Gasteiger partial charge in [0.15, 0.2) is 0 Å². The number of rotatable bonds is 5. The van der Waals surface area contributed by atoms with E-state index in [1.54, 1.807) is 0 Å². The van der Waals surface area contributed by atoms with Gasteiger partial charge in [0.1, 0.15) is 0 Å². The molecule has 1 aliphatic rings. The Morgan fingerprint density at radius 1 is 1.56 bits per heavy atom. The lowest BCUT2D eigenvalue weighted by Gasteiger charge is -2.18. The van der Waals surface area contributed by atoms with Gasteiger partial charge >= 0.3 is 6.03 Å². The lowest BCUT2D eigenvalue weighted by Crippen LogP contribution is -2.45. The van der Waals surface area contributed by atoms with Gasteiger partial charge in [-0.05, 0) is 18.8 Å². The molecule has 0 aromatic rings. The molecule has 16 heavy (non-hydrogen) atoms. The second-order valence-corrected chi connectivity index (χ2v) is 4.48. The fourth-order valence-corrected chi connectivity index (χ4v) is 2.04. The van der Waals surface area contributed by atoms with E-state index < -0.39 is 6.10 Å². The first kappa shape index (κ1) is 13.3. The van der Waals surface area contributed by atoms with Gasteiger partial charge < -0.3 is 20.5 Å². The van der Waals surface area contributed by atoms with Gasteiger partial charge in [0.25, 0.3) is 0 Å². The number of hydrogen-bond acceptors (Lipinski definition) is 3. The first-order valence-corrected chi connectivity index (χ1v) is 5.85. The van der Waals surface area contributed by atoms with Gasteiger partial charge in [-0.3, -0.25) is 0 Å². The highest BCUT2D eigenvalue weighted by Crippen LogP contribution is 2.24. The fourth-order valence-electron chi connectivity index (χ4n) is 2.04. The molecule has 0 bridgehead atoms. The Morgan fingerprint density at radius 2 is 2.31 bits per heavy atom. The second-order valence-electron chi connectivity index (χ2n) is 4.48. The topological polar surface area (TPSA) is 70.6 Å². The third kappa shape index (κ3) is 4.37. The van der Waals surface area contributed by atoms with E-state index in [2.05, 4.69) is 17.6 Å². The first-order chi connectivity index (χ1) is 7.63. The third-order valence-corrected chi connectivity index (χ3v) is 3.04. The predicted octanol–water partition coefficient (Wildman–Crippen LogP) is 0.481. The molecule has 2 amide bonds. The number of urea groups is 1. The average molecular weight is 230 g/mol. The van der Waals surface area contributed by atoms with Crippen molar-refractivity contribution in [1.82, 2.24) is 10.6 Å². The Morgan fingerprint density at radius 3 is 2.88 bits per heavy atom. The molecule has 1 aliphatic carbocycles. The number of carbonyl (C=O) groups is 1. The molecule has 0 saturated heterocycles. The lowest BCUT2D eigenvalue weighted by atomic mass is 10.1. The summed E-state index contributed by atoms with van der Waals surface area (Å²) in [5.74, 6) is 0.551. The van der Waals surface area contributed by atoms with E-state index in [0.29, 0.717) is 5.92 Å². The minimum absolute atomic E-state index is 0.200. The molecule has 1 saturated carbocycles. The third-order valence-electron chi connectivity index (χ3n) is 3.04. The van der Waals surface area contributed by atoms with Crippen LogP contribution in [0.2, 0.25) is 0 Å². The quantitative estimate of drug-likeness (QED) is 0.643. The number of amides is 2. The molecule has 5 nitrogen and oxygen atoms in total. The molecule has 3 unspecified atom stereocenters. The van der Waals surface area contributed by atoms with Crippen LogP contribution in [-0.2, 0) is 4.74 Å². The number of aliphatic hydroxyl groups is 1. The summed E-state index contributed by atoms with van der Waals surface area (Å²) in [6.45, 7) is 2.61. The Balaban J connectivity index is 2.15. The van der Waals surface area contributed by atoms with Gasteiger partial charge in [-0.15, -0.1) is 0 Å². The van der Waals surface area contributed by atoms with Crippen molar-refractivity contribution in [2.45, 2.75) is 38.3 Å². The Hall–Kier alpha value is -0.810. The lowest BCUT2D eigenvalue weighted by molar-refractivity contribution is 0.0659. The van der Waals surface area contributed by atoms with Crippen molar-refractivity contribution >= 4 is 6.03 Å². The summed E-state index contributed by atoms with van der Waals surface area (Å²) in [5, 5.41) is 14.9. The van der Waals surface area contributed by atoms with Crippen LogP contribution in [0.15, 0.2) is 0 Å². The molecule has 0 spiro atoms. The van der Waals surface area contributed by atoms with E-state index >= 15 is 0 Å². The molecule has 0 aromatic carbocycles. The van der Waals surface area contributed by atoms with Gasteiger partial charge in [0, 0.05) is 19.7 Å². The van der Waals surface area contributed by atoms with E-state index in [1.807, 2.05) is 0 Å². The van der Waals surface area contributed by atoms with Gasteiger partial charge in [0.05, 0.1) is 12.7 Å². The van der Waals surface area contributed by atoms with Crippen LogP contribution in [0.1, 0.15) is 26.2 Å². The van der Waals surface area contributed by atoms with Crippen molar-refractivity contribution in [3.05, 3.63) is 0 Å². The van der Waals surface area contributed by atoms with Crippen molar-refractivity contribution in [1.29, 1.82) is 0 Å². The molecule has 1 rings (SSSR count). The minimum Gasteiger partial charge on any atom is -0.389 e. The fraction of sp³-hybridized carbons (Fsp3) is 0.909. The summed E-state index contributed by atoms with van der Waals surface area (Å²) in [6.07, 6.45) is 2.77. The van der Waals surface area contributed by atoms with E-state index in [1.165, 1.54) is 20.0 Å². The number of aliphatic hydroxyl groups excluding tert-OH is 1. The van der Waals surface area contributed by atoms with Gasteiger partial charge in [-0.2, -0.15) is 0 Å². The number of carbonyl (C=O) groups excluding carboxylic acids is 1. The molecular weight excluding hydrogens is 208 g/mol. The summed E-state index contributed by atoms with van der Waals surface area (Å²) in [6, 6.07) is 0.0773. The summed E-state index contributed by atoms with van der Waals surface area (Å²) in [4.78, 5) is 11.5. The first-order valence-electron chi connectivity index (χ1n) is 5.85. The number of ether oxygens (including phenoxy) is 1. The van der Waals surface area contributed by atoms with Crippen LogP contribution in [0, 0.1) is 5.92 Å². The van der Waals surface area contributed by atoms with Crippen molar-refractivity contribution in [3.8, 4) is 0 Å². The average Bonchev–Trinajstić information content (AvgIpc) is 2.62. The maximum atomic E-state index is 11.5. The SMILES string of the molecule is COCC(O)CNC(=O)NC1CCCC1C. The summed E-state index contributed by atoms with van der Waals surface area (Å²) < 4.78 is 4.76. The molecule has 3 atom stereocenters. The van der Waals surface area contributed by atoms with Gasteiger partial charge in [-0.1, -0.05) is 13.3 Å². The van der Waals surface area contributed by atoms with Crippen LogP contribution >= 0.6 is 0 Å². The molecule has 0 heterocycles. The Labute approximate surface area is 96.6 Å². The number of methoxy groups -OCH3 is 1. The van der Waals surface area contributed by atoms with Crippen molar-refractivity contribution in [2.24, 2.45) is 5.92 Å². The van der Waals surface area contributed by atoms with Crippen molar-refractivity contribution in [3.63, 3.8) is 0 Å². The normalized spacial score (nSPS) is 26.4. The number of nitrogens with one attached hydrogen (secondary N) is 2. The van der Waals surface area contributed by atoms with E-state index in [4.69, 9.17) is 4.74 Å². The monoisotopic (exact) mass is 230 g/mol. The highest BCUT2D eigenvalue weighted by Gasteiger charge is 2.24. The Bertz CT molecular complexity index is 223. The van der Waals surface area contributed by atoms with E-state index in [9.17, 15) is 9.90 Å². The van der Waals surface area contributed by atoms with Crippen LogP contribution < -0.4 is 10.6 Å². The maximum absolute atomic E-state index is 11.5. The van der Waals surface area contributed by atoms with Crippen molar-refractivity contribution in [2.75, 3.05) is 20.3 Å². The number of hydrogen-bond donors (Lipinski definition) is 3. The zero-order valence-electron chi connectivity index (χ0n) is 10.0. The second kappa shape index (κ2) is 6.70. The molecule has 5 heteroatoms. The molecule has 3 N–H and O–H groups in total. The largest absolute Gasteiger partial charge is 0.389 e. The predicted molar refractivity (Wildman–Crippen MR) is 61.2 cm³/mol. The minimum atomic E-state index is -0.642. The highest BCUT2D eigenvalue weighted by atomic mass is 16.5. The zero-order valence-corrected chi connectivity index (χ0v) is 10.0. The van der Waals surface area contributed by atoms with Crippen LogP contribution in [0.25, 0.3) is 0 Å². The zero-order chi connectivity index (χ0) is 12.0. The van der Waals surface area contributed by atoms with Crippen molar-refractivity contribution < 1.29 is 14.6 Å². The standard InChI is InChI=1S/C11H22N2O3/c1-8-4-3-5-10(8)13-11(15)12-6-9(14)7-16-2/h8-10,14H,3-7H2,1-2H3,(H2,12,13,15). The van der Waals surface area contributed by atoms with E-state index in [0.717, 1.165) is 6.42 Å². The Kier molecular flexibility index (Phi) is 5.55. The van der Waals surface area contributed by atoms with Crippen LogP contribution in [0.5, 0.6) is 0 Å². The van der Waals surface area contributed by atoms with E-state index in [-0.39, 0.29) is 25.2 Å². The van der Waals surface area contributed by atoms with Crippen LogP contribution in [-0.4, -0.2) is 43.5 Å². The van der Waals surface area contributed by atoms with Gasteiger partial charge in [-0.25, -0.2) is 4.79 Å². The summed E-state index contributed by atoms with van der Waals surface area (Å²) in [5.41, 5.74) is 0. The molecular formula is C11H22N2O3. The van der Waals surface area contributed by atoms with Crippen LogP contribution in [0.3, 0.4) is 0 Å². The molecule has 0 aromatic heterocycles. The molecule has 0 aliphatic heterocycles. The smallest absolute Gasteiger partial charge is 0.315 e. The summed E-state index contributed by atoms with van der Waals surface area (Å²) in [7, 11) is 1.52. The van der Waals surface area contributed by atoms with Crippen LogP contribution in [0.4, 0.5) is 4.79 Å². The molecule has 1 fully saturated rings. The van der Waals surface area contributed by atoms with Gasteiger partial charge in [0.2, 0.25) is 0 Å². The maximum Gasteiger partial charge on any atom is 0.315 e. The highest BCUT2D eigenvalue weighted by molar-refractivity contribution is 5.74. The summed E-state index contributed by atoms with van der Waals surface area (Å²) >= 11 is 0. The molecule has 94 valence electrons.